The molecule has 1 amide bonds. The van der Waals surface area contributed by atoms with E-state index in [1.165, 1.54) is 12.1 Å². The Kier molecular flexibility index (Phi) is 5.37. The summed E-state index contributed by atoms with van der Waals surface area (Å²) in [5, 5.41) is 3.78. The lowest BCUT2D eigenvalue weighted by Gasteiger charge is -2.31. The van der Waals surface area contributed by atoms with E-state index < -0.39 is 16.0 Å². The maximum atomic E-state index is 12.1. The van der Waals surface area contributed by atoms with Crippen LogP contribution in [0.3, 0.4) is 0 Å². The zero-order valence-corrected chi connectivity index (χ0v) is 17.3. The summed E-state index contributed by atoms with van der Waals surface area (Å²) < 4.78 is 39.6. The minimum atomic E-state index is -4.47. The van der Waals surface area contributed by atoms with Crippen LogP contribution in [0.4, 0.5) is 0 Å². The molecule has 0 unspecified atom stereocenters. The summed E-state index contributed by atoms with van der Waals surface area (Å²) in [4.78, 5) is 14.1. The SMILES string of the molecule is C[C@@H]1CN(Cc2cc(S(=O)(=O)O)cc3c(-c4ccccc4)c(C(N)=O)oc23)CCN1. The number of rotatable bonds is 5. The van der Waals surface area contributed by atoms with Gasteiger partial charge in [0.1, 0.15) is 5.58 Å². The lowest BCUT2D eigenvalue weighted by Crippen LogP contribution is -2.48. The first kappa shape index (κ1) is 20.5. The minimum absolute atomic E-state index is 0.0429. The number of amides is 1. The summed E-state index contributed by atoms with van der Waals surface area (Å²) in [7, 11) is -4.47. The van der Waals surface area contributed by atoms with Crippen molar-refractivity contribution >= 4 is 27.0 Å². The number of piperazine rings is 1. The quantitative estimate of drug-likeness (QED) is 0.531. The summed E-state index contributed by atoms with van der Waals surface area (Å²) in [6.07, 6.45) is 0. The predicted molar refractivity (Wildman–Crippen MR) is 113 cm³/mol. The number of nitrogens with zero attached hydrogens (tertiary/aromatic N) is 1. The molecule has 1 aliphatic rings. The molecule has 3 aromatic rings. The number of fused-ring (bicyclic) bond motifs is 1. The van der Waals surface area contributed by atoms with Crippen molar-refractivity contribution in [1.29, 1.82) is 0 Å². The summed E-state index contributed by atoms with van der Waals surface area (Å²) in [5.74, 6) is -0.793. The molecule has 0 aliphatic carbocycles. The van der Waals surface area contributed by atoms with Gasteiger partial charge in [-0.15, -0.1) is 0 Å². The fourth-order valence-electron chi connectivity index (χ4n) is 3.97. The van der Waals surface area contributed by atoms with Crippen LogP contribution in [-0.4, -0.2) is 49.5 Å². The third-order valence-electron chi connectivity index (χ3n) is 5.27. The van der Waals surface area contributed by atoms with Crippen molar-refractivity contribution in [2.75, 3.05) is 19.6 Å². The highest BCUT2D eigenvalue weighted by Gasteiger charge is 2.26. The summed E-state index contributed by atoms with van der Waals surface area (Å²) in [5.41, 5.74) is 7.61. The molecule has 158 valence electrons. The molecule has 2 aromatic carbocycles. The molecule has 1 fully saturated rings. The van der Waals surface area contributed by atoms with Crippen LogP contribution in [0.1, 0.15) is 23.0 Å². The van der Waals surface area contributed by atoms with E-state index in [4.69, 9.17) is 10.2 Å². The van der Waals surface area contributed by atoms with Crippen LogP contribution in [0, 0.1) is 0 Å². The van der Waals surface area contributed by atoms with Gasteiger partial charge < -0.3 is 15.5 Å². The zero-order chi connectivity index (χ0) is 21.5. The van der Waals surface area contributed by atoms with Crippen LogP contribution in [-0.2, 0) is 16.7 Å². The Labute approximate surface area is 174 Å². The number of nitrogens with two attached hydrogens (primary N) is 1. The highest BCUT2D eigenvalue weighted by atomic mass is 32.2. The van der Waals surface area contributed by atoms with Crippen LogP contribution in [0.25, 0.3) is 22.1 Å². The van der Waals surface area contributed by atoms with Crippen molar-refractivity contribution in [2.24, 2.45) is 5.73 Å². The topological polar surface area (TPSA) is 126 Å². The third-order valence-corrected chi connectivity index (χ3v) is 6.10. The molecule has 4 N–H and O–H groups in total. The average Bonchev–Trinajstić information content (AvgIpc) is 3.08. The first-order valence-electron chi connectivity index (χ1n) is 9.62. The minimum Gasteiger partial charge on any atom is -0.450 e. The van der Waals surface area contributed by atoms with Crippen molar-refractivity contribution < 1.29 is 22.2 Å². The molecule has 4 rings (SSSR count). The van der Waals surface area contributed by atoms with Crippen molar-refractivity contribution in [1.82, 2.24) is 10.2 Å². The Balaban J connectivity index is 1.96. The van der Waals surface area contributed by atoms with Gasteiger partial charge in [0.25, 0.3) is 16.0 Å². The van der Waals surface area contributed by atoms with Crippen molar-refractivity contribution in [3.05, 3.63) is 53.8 Å². The van der Waals surface area contributed by atoms with Gasteiger partial charge in [-0.25, -0.2) is 0 Å². The fraction of sp³-hybridized carbons (Fsp3) is 0.286. The fourth-order valence-corrected chi connectivity index (χ4v) is 4.53. The number of primary amides is 1. The first-order valence-corrected chi connectivity index (χ1v) is 11.1. The Morgan fingerprint density at radius 2 is 2.03 bits per heavy atom. The van der Waals surface area contributed by atoms with Gasteiger partial charge >= 0.3 is 0 Å². The molecule has 8 nitrogen and oxygen atoms in total. The van der Waals surface area contributed by atoms with E-state index in [1.54, 1.807) is 24.3 Å². The van der Waals surface area contributed by atoms with E-state index in [1.807, 2.05) is 6.07 Å². The number of hydrogen-bond donors (Lipinski definition) is 3. The maximum absolute atomic E-state index is 12.1. The van der Waals surface area contributed by atoms with Crippen LogP contribution in [0.15, 0.2) is 51.8 Å². The molecule has 0 saturated carbocycles. The number of carbonyl (C=O) groups is 1. The second-order valence-electron chi connectivity index (χ2n) is 7.56. The Morgan fingerprint density at radius 1 is 1.30 bits per heavy atom. The maximum Gasteiger partial charge on any atom is 0.294 e. The van der Waals surface area contributed by atoms with Crippen molar-refractivity contribution in [3.63, 3.8) is 0 Å². The molecule has 0 radical (unpaired) electrons. The number of nitrogens with one attached hydrogen (secondary N) is 1. The van der Waals surface area contributed by atoms with E-state index in [9.17, 15) is 17.8 Å². The van der Waals surface area contributed by atoms with Crippen LogP contribution in [0.2, 0.25) is 0 Å². The normalized spacial score (nSPS) is 18.0. The molecule has 1 aliphatic heterocycles. The van der Waals surface area contributed by atoms with Gasteiger partial charge in [-0.3, -0.25) is 14.2 Å². The van der Waals surface area contributed by atoms with Gasteiger partial charge in [0, 0.05) is 48.7 Å². The Hall–Kier alpha value is -2.72. The lowest BCUT2D eigenvalue weighted by atomic mass is 10.00. The molecule has 0 bridgehead atoms. The Bertz CT molecular complexity index is 1200. The molecular formula is C21H23N3O5S. The van der Waals surface area contributed by atoms with E-state index in [0.717, 1.165) is 19.6 Å². The average molecular weight is 429 g/mol. The van der Waals surface area contributed by atoms with E-state index in [-0.39, 0.29) is 16.7 Å². The standard InChI is InChI=1S/C21H23N3O5S/c1-13-11-24(8-7-23-13)12-15-9-16(30(26,27)28)10-17-18(14-5-3-2-4-6-14)20(21(22)25)29-19(15)17/h2-6,9-10,13,23H,7-8,11-12H2,1H3,(H2,22,25)(H,26,27,28)/t13-/m1/s1. The van der Waals surface area contributed by atoms with Crippen molar-refractivity contribution in [3.8, 4) is 11.1 Å². The van der Waals surface area contributed by atoms with E-state index in [0.29, 0.717) is 34.2 Å². The molecule has 0 spiro atoms. The summed E-state index contributed by atoms with van der Waals surface area (Å²) in [6.45, 7) is 4.83. The highest BCUT2D eigenvalue weighted by molar-refractivity contribution is 7.85. The van der Waals surface area contributed by atoms with Gasteiger partial charge in [-0.05, 0) is 24.6 Å². The monoisotopic (exact) mass is 429 g/mol. The smallest absolute Gasteiger partial charge is 0.294 e. The van der Waals surface area contributed by atoms with Gasteiger partial charge in [0.15, 0.2) is 5.76 Å². The molecule has 9 heteroatoms. The lowest BCUT2D eigenvalue weighted by molar-refractivity contribution is 0.0976. The van der Waals surface area contributed by atoms with Gasteiger partial charge in [0.2, 0.25) is 0 Å². The number of hydrogen-bond acceptors (Lipinski definition) is 6. The van der Waals surface area contributed by atoms with Crippen molar-refractivity contribution in [2.45, 2.75) is 24.4 Å². The van der Waals surface area contributed by atoms with Crippen LogP contribution < -0.4 is 11.1 Å². The van der Waals surface area contributed by atoms with Gasteiger partial charge in [-0.1, -0.05) is 30.3 Å². The van der Waals surface area contributed by atoms with Crippen LogP contribution >= 0.6 is 0 Å². The molecule has 30 heavy (non-hydrogen) atoms. The van der Waals surface area contributed by atoms with E-state index in [2.05, 4.69) is 17.1 Å². The van der Waals surface area contributed by atoms with Gasteiger partial charge in [0.05, 0.1) is 4.90 Å². The number of benzene rings is 2. The molecular weight excluding hydrogens is 406 g/mol. The molecule has 1 aromatic heterocycles. The largest absolute Gasteiger partial charge is 0.450 e. The number of carbonyl (C=O) groups excluding carboxylic acids is 1. The summed E-state index contributed by atoms with van der Waals surface area (Å²) in [6, 6.07) is 12.0. The second-order valence-corrected chi connectivity index (χ2v) is 8.98. The Morgan fingerprint density at radius 3 is 2.67 bits per heavy atom. The van der Waals surface area contributed by atoms with Gasteiger partial charge in [-0.2, -0.15) is 8.42 Å². The third kappa shape index (κ3) is 3.97. The molecule has 1 saturated heterocycles. The van der Waals surface area contributed by atoms with Crippen LogP contribution in [0.5, 0.6) is 0 Å². The summed E-state index contributed by atoms with van der Waals surface area (Å²) >= 11 is 0. The zero-order valence-electron chi connectivity index (χ0n) is 16.5. The first-order chi connectivity index (χ1) is 14.2. The molecule has 2 heterocycles. The van der Waals surface area contributed by atoms with E-state index >= 15 is 0 Å². The highest BCUT2D eigenvalue weighted by Crippen LogP contribution is 2.38. The second kappa shape index (κ2) is 7.84. The predicted octanol–water partition coefficient (Wildman–Crippen LogP) is 2.24. The number of furan rings is 1. The molecule has 1 atom stereocenters.